The maximum Gasteiger partial charge on any atom is 0.267 e. The largest absolute Gasteiger partial charge is 0.347 e. The minimum absolute atomic E-state index is 0.127. The molecule has 0 aliphatic heterocycles. The highest BCUT2D eigenvalue weighted by molar-refractivity contribution is 7.86. The van der Waals surface area contributed by atoms with Crippen LogP contribution in [0.25, 0.3) is 0 Å². The third kappa shape index (κ3) is 4.23. The predicted molar refractivity (Wildman–Crippen MR) is 48.7 cm³/mol. The van der Waals surface area contributed by atoms with Crippen molar-refractivity contribution >= 4 is 16.0 Å². The third-order valence-electron chi connectivity index (χ3n) is 1.43. The molecule has 1 amide bonds. The van der Waals surface area contributed by atoms with Crippen molar-refractivity contribution in [2.75, 3.05) is 19.8 Å². The lowest BCUT2D eigenvalue weighted by Crippen LogP contribution is -2.35. The Hall–Kier alpha value is -0.620. The van der Waals surface area contributed by atoms with Crippen LogP contribution in [-0.4, -0.2) is 45.2 Å². The lowest BCUT2D eigenvalue weighted by Gasteiger charge is -2.16. The van der Waals surface area contributed by atoms with Gasteiger partial charge < -0.3 is 4.90 Å². The van der Waals surface area contributed by atoms with E-state index in [0.717, 1.165) is 0 Å². The van der Waals surface area contributed by atoms with E-state index in [4.69, 9.17) is 0 Å². The van der Waals surface area contributed by atoms with Crippen LogP contribution >= 0.6 is 0 Å². The van der Waals surface area contributed by atoms with Crippen molar-refractivity contribution in [1.82, 2.24) is 4.90 Å². The first-order chi connectivity index (χ1) is 5.80. The zero-order valence-electron chi connectivity index (χ0n) is 8.27. The Labute approximate surface area is 78.8 Å². The highest BCUT2D eigenvalue weighted by Gasteiger charge is 2.21. The highest BCUT2D eigenvalue weighted by atomic mass is 32.2. The van der Waals surface area contributed by atoms with E-state index in [9.17, 15) is 13.2 Å². The average molecular weight is 209 g/mol. The topological polar surface area (TPSA) is 63.7 Å². The average Bonchev–Trinajstić information content (AvgIpc) is 2.02. The molecule has 5 nitrogen and oxygen atoms in total. The Morgan fingerprint density at radius 1 is 1.46 bits per heavy atom. The number of carbonyl (C=O) groups excluding carboxylic acids is 1. The van der Waals surface area contributed by atoms with Gasteiger partial charge in [0.25, 0.3) is 16.0 Å². The molecule has 0 aliphatic carbocycles. The van der Waals surface area contributed by atoms with Crippen molar-refractivity contribution < 1.29 is 17.4 Å². The Morgan fingerprint density at radius 2 is 1.92 bits per heavy atom. The molecule has 6 heteroatoms. The Kier molecular flexibility index (Phi) is 4.35. The van der Waals surface area contributed by atoms with Crippen molar-refractivity contribution in [2.24, 2.45) is 0 Å². The Morgan fingerprint density at radius 3 is 2.23 bits per heavy atom. The number of rotatable bonds is 4. The molecule has 0 saturated carbocycles. The first kappa shape index (κ1) is 12.4. The number of amides is 1. The lowest BCUT2D eigenvalue weighted by atomic mass is 10.4. The van der Waals surface area contributed by atoms with Crippen LogP contribution in [-0.2, 0) is 19.1 Å². The van der Waals surface area contributed by atoms with Crippen molar-refractivity contribution in [3.8, 4) is 0 Å². The van der Waals surface area contributed by atoms with Gasteiger partial charge >= 0.3 is 0 Å². The molecule has 0 bridgehead atoms. The molecule has 0 aromatic heterocycles. The zero-order chi connectivity index (χ0) is 10.6. The van der Waals surface area contributed by atoms with Gasteiger partial charge in [-0.1, -0.05) is 0 Å². The van der Waals surface area contributed by atoms with E-state index < -0.39 is 16.2 Å². The summed E-state index contributed by atoms with van der Waals surface area (Å²) in [6, 6.07) is 0. The molecule has 0 aromatic rings. The van der Waals surface area contributed by atoms with Crippen molar-refractivity contribution in [3.05, 3.63) is 0 Å². The maximum atomic E-state index is 11.2. The summed E-state index contributed by atoms with van der Waals surface area (Å²) in [5.74, 6) is -0.491. The molecule has 0 spiro atoms. The maximum absolute atomic E-state index is 11.2. The minimum atomic E-state index is -3.54. The van der Waals surface area contributed by atoms with E-state index in [1.807, 2.05) is 0 Å². The van der Waals surface area contributed by atoms with Gasteiger partial charge in [0.2, 0.25) is 0 Å². The fourth-order valence-electron chi connectivity index (χ4n) is 0.693. The predicted octanol–water partition coefficient (Wildman–Crippen LogP) is -0.171. The van der Waals surface area contributed by atoms with Gasteiger partial charge in [-0.05, 0) is 13.8 Å². The quantitative estimate of drug-likeness (QED) is 0.603. The van der Waals surface area contributed by atoms with Crippen molar-refractivity contribution in [1.29, 1.82) is 0 Å². The summed E-state index contributed by atoms with van der Waals surface area (Å²) in [4.78, 5) is 12.5. The molecule has 0 N–H and O–H groups in total. The smallest absolute Gasteiger partial charge is 0.267 e. The molecule has 0 radical (unpaired) electrons. The fraction of sp³-hybridized carbons (Fsp3) is 0.857. The van der Waals surface area contributed by atoms with E-state index in [1.54, 1.807) is 14.1 Å². The van der Waals surface area contributed by atoms with Gasteiger partial charge in [-0.2, -0.15) is 8.42 Å². The molecule has 78 valence electrons. The van der Waals surface area contributed by atoms with E-state index >= 15 is 0 Å². The molecule has 0 rings (SSSR count). The second-order valence-corrected chi connectivity index (χ2v) is 4.70. The van der Waals surface area contributed by atoms with Crippen LogP contribution in [0, 0.1) is 0 Å². The highest BCUT2D eigenvalue weighted by Crippen LogP contribution is 2.02. The van der Waals surface area contributed by atoms with E-state index in [-0.39, 0.29) is 11.7 Å². The SMILES string of the molecule is CCS(=O)(=O)O[C@@H](C)C(=O)N(C)C. The van der Waals surface area contributed by atoms with Crippen molar-refractivity contribution in [3.63, 3.8) is 0 Å². The van der Waals surface area contributed by atoms with Gasteiger partial charge in [0.05, 0.1) is 5.75 Å². The van der Waals surface area contributed by atoms with Gasteiger partial charge in [0.1, 0.15) is 0 Å². The number of hydrogen-bond donors (Lipinski definition) is 0. The summed E-state index contributed by atoms with van der Waals surface area (Å²) < 4.78 is 26.5. The van der Waals surface area contributed by atoms with Gasteiger partial charge in [-0.15, -0.1) is 0 Å². The summed E-state index contributed by atoms with van der Waals surface area (Å²) in [5, 5.41) is 0. The number of carbonyl (C=O) groups is 1. The fourth-order valence-corrected chi connectivity index (χ4v) is 1.35. The van der Waals surface area contributed by atoms with Crippen LogP contribution < -0.4 is 0 Å². The molecule has 0 saturated heterocycles. The molecule has 0 unspecified atom stereocenters. The summed E-state index contributed by atoms with van der Waals surface area (Å²) in [5.41, 5.74) is 0. The van der Waals surface area contributed by atoms with Crippen molar-refractivity contribution in [2.45, 2.75) is 20.0 Å². The second kappa shape index (κ2) is 4.57. The van der Waals surface area contributed by atoms with E-state index in [0.29, 0.717) is 0 Å². The monoisotopic (exact) mass is 209 g/mol. The molecule has 13 heavy (non-hydrogen) atoms. The summed E-state index contributed by atoms with van der Waals surface area (Å²) >= 11 is 0. The number of nitrogens with zero attached hydrogens (tertiary/aromatic N) is 1. The van der Waals surface area contributed by atoms with Crippen LogP contribution in [0.3, 0.4) is 0 Å². The van der Waals surface area contributed by atoms with Gasteiger partial charge in [-0.3, -0.25) is 8.98 Å². The first-order valence-electron chi connectivity index (χ1n) is 3.92. The minimum Gasteiger partial charge on any atom is -0.347 e. The molecule has 0 aromatic carbocycles. The summed E-state index contributed by atoms with van der Waals surface area (Å²) in [6.45, 7) is 2.87. The van der Waals surface area contributed by atoms with E-state index in [1.165, 1.54) is 18.7 Å². The van der Waals surface area contributed by atoms with Gasteiger partial charge in [0.15, 0.2) is 6.10 Å². The van der Waals surface area contributed by atoms with Crippen LogP contribution in [0.2, 0.25) is 0 Å². The molecule has 1 atom stereocenters. The summed E-state index contributed by atoms with van der Waals surface area (Å²) in [6.07, 6.45) is -0.944. The van der Waals surface area contributed by atoms with E-state index in [2.05, 4.69) is 4.18 Å². The van der Waals surface area contributed by atoms with Crippen LogP contribution in [0.1, 0.15) is 13.8 Å². The molecular formula is C7H15NO4S. The Bertz CT molecular complexity index is 270. The molecule has 0 heterocycles. The summed E-state index contributed by atoms with van der Waals surface area (Å²) in [7, 11) is -0.460. The Balaban J connectivity index is 4.32. The molecule has 0 aliphatic rings. The van der Waals surface area contributed by atoms with Crippen LogP contribution in [0.15, 0.2) is 0 Å². The number of likely N-dealkylation sites (N-methyl/N-ethyl adjacent to an activating group) is 1. The number of hydrogen-bond acceptors (Lipinski definition) is 4. The molecule has 0 fully saturated rings. The second-order valence-electron chi connectivity index (χ2n) is 2.82. The standard InChI is InChI=1S/C7H15NO4S/c1-5-13(10,11)12-6(2)7(9)8(3)4/h6H,5H2,1-4H3/t6-/m0/s1. The van der Waals surface area contributed by atoms with Gasteiger partial charge in [0, 0.05) is 14.1 Å². The van der Waals surface area contributed by atoms with Crippen LogP contribution in [0.5, 0.6) is 0 Å². The van der Waals surface area contributed by atoms with Gasteiger partial charge in [-0.25, -0.2) is 0 Å². The molecular weight excluding hydrogens is 194 g/mol. The normalized spacial score (nSPS) is 13.8. The zero-order valence-corrected chi connectivity index (χ0v) is 9.09. The third-order valence-corrected chi connectivity index (χ3v) is 2.72. The van der Waals surface area contributed by atoms with Crippen LogP contribution in [0.4, 0.5) is 0 Å². The first-order valence-corrected chi connectivity index (χ1v) is 5.50. The lowest BCUT2D eigenvalue weighted by molar-refractivity contribution is -0.135.